The third-order valence-corrected chi connectivity index (χ3v) is 3.73. The quantitative estimate of drug-likeness (QED) is 0.697. The molecule has 0 heterocycles. The Morgan fingerprint density at radius 2 is 1.71 bits per heavy atom. The van der Waals surface area contributed by atoms with E-state index in [2.05, 4.69) is 43.4 Å². The van der Waals surface area contributed by atoms with Gasteiger partial charge in [0.2, 0.25) is 0 Å². The monoisotopic (exact) mass is 369 g/mol. The van der Waals surface area contributed by atoms with E-state index in [1.807, 2.05) is 19.1 Å². The fraction of sp³-hybridized carbons (Fsp3) is 0.368. The van der Waals surface area contributed by atoms with Crippen LogP contribution in [0.5, 0.6) is 11.5 Å². The second kappa shape index (κ2) is 10.4. The summed E-state index contributed by atoms with van der Waals surface area (Å²) in [4.78, 5) is 0. The first-order valence-electron chi connectivity index (χ1n) is 7.98. The van der Waals surface area contributed by atoms with E-state index in [1.54, 1.807) is 0 Å². The summed E-state index contributed by atoms with van der Waals surface area (Å²) >= 11 is 6.41. The molecule has 0 saturated heterocycles. The Hall–Kier alpha value is -1.42. The van der Waals surface area contributed by atoms with Gasteiger partial charge in [0.15, 0.2) is 11.5 Å². The maximum absolute atomic E-state index is 6.41. The third-order valence-electron chi connectivity index (χ3n) is 3.45. The lowest BCUT2D eigenvalue weighted by atomic mass is 10.1. The highest BCUT2D eigenvalue weighted by atomic mass is 35.5. The van der Waals surface area contributed by atoms with Gasteiger partial charge < -0.3 is 14.8 Å². The van der Waals surface area contributed by atoms with Crippen molar-refractivity contribution in [2.75, 3.05) is 13.2 Å². The molecule has 0 fully saturated rings. The Morgan fingerprint density at radius 3 is 2.33 bits per heavy atom. The molecule has 0 saturated carbocycles. The van der Waals surface area contributed by atoms with Gasteiger partial charge in [-0.2, -0.15) is 0 Å². The van der Waals surface area contributed by atoms with Crippen molar-refractivity contribution in [1.82, 2.24) is 5.32 Å². The molecule has 0 unspecified atom stereocenters. The maximum Gasteiger partial charge on any atom is 0.180 e. The molecule has 0 aliphatic heterocycles. The molecule has 2 aromatic rings. The van der Waals surface area contributed by atoms with Gasteiger partial charge in [-0.1, -0.05) is 48.4 Å². The van der Waals surface area contributed by atoms with Crippen LogP contribution in [0.3, 0.4) is 0 Å². The number of halogens is 2. The lowest BCUT2D eigenvalue weighted by Gasteiger charge is -2.15. The summed E-state index contributed by atoms with van der Waals surface area (Å²) < 4.78 is 11.6. The summed E-state index contributed by atoms with van der Waals surface area (Å²) in [6.07, 6.45) is 0. The fourth-order valence-corrected chi connectivity index (χ4v) is 2.52. The van der Waals surface area contributed by atoms with Gasteiger partial charge in [0.1, 0.15) is 6.61 Å². The highest BCUT2D eigenvalue weighted by Crippen LogP contribution is 2.37. The lowest BCUT2D eigenvalue weighted by molar-refractivity contribution is 0.269. The molecule has 3 nitrogen and oxygen atoms in total. The number of ether oxygens (including phenoxy) is 2. The van der Waals surface area contributed by atoms with Crippen molar-refractivity contribution in [3.63, 3.8) is 0 Å². The SMILES string of the molecule is CCNCc1cc(Cl)c(OCc2ccc(C)cc2)c(OCC)c1.Cl. The zero-order valence-electron chi connectivity index (χ0n) is 14.4. The molecule has 0 spiro atoms. The van der Waals surface area contributed by atoms with Crippen LogP contribution < -0.4 is 14.8 Å². The number of hydrogen-bond donors (Lipinski definition) is 1. The minimum absolute atomic E-state index is 0. The summed E-state index contributed by atoms with van der Waals surface area (Å²) in [5.41, 5.74) is 3.42. The van der Waals surface area contributed by atoms with Gasteiger partial charge in [-0.05, 0) is 43.7 Å². The predicted octanol–water partition coefficient (Wildman–Crippen LogP) is 5.16. The van der Waals surface area contributed by atoms with Gasteiger partial charge in [-0.15, -0.1) is 12.4 Å². The third kappa shape index (κ3) is 5.90. The van der Waals surface area contributed by atoms with Crippen LogP contribution in [0.15, 0.2) is 36.4 Å². The Labute approximate surface area is 155 Å². The van der Waals surface area contributed by atoms with E-state index in [1.165, 1.54) is 5.56 Å². The molecular formula is C19H25Cl2NO2. The second-order valence-electron chi connectivity index (χ2n) is 5.39. The van der Waals surface area contributed by atoms with Crippen LogP contribution in [-0.4, -0.2) is 13.2 Å². The van der Waals surface area contributed by atoms with Gasteiger partial charge >= 0.3 is 0 Å². The second-order valence-corrected chi connectivity index (χ2v) is 5.80. The first kappa shape index (κ1) is 20.6. The largest absolute Gasteiger partial charge is 0.490 e. The van der Waals surface area contributed by atoms with Gasteiger partial charge in [0.05, 0.1) is 11.6 Å². The van der Waals surface area contributed by atoms with Crippen molar-refractivity contribution in [3.05, 3.63) is 58.1 Å². The average molecular weight is 370 g/mol. The number of hydrogen-bond acceptors (Lipinski definition) is 3. The first-order valence-corrected chi connectivity index (χ1v) is 8.36. The molecule has 0 bridgehead atoms. The van der Waals surface area contributed by atoms with Crippen molar-refractivity contribution < 1.29 is 9.47 Å². The van der Waals surface area contributed by atoms with Crippen molar-refractivity contribution in [3.8, 4) is 11.5 Å². The van der Waals surface area contributed by atoms with Crippen LogP contribution in [-0.2, 0) is 13.2 Å². The Balaban J connectivity index is 0.00000288. The van der Waals surface area contributed by atoms with Gasteiger partial charge in [-0.25, -0.2) is 0 Å². The topological polar surface area (TPSA) is 30.5 Å². The van der Waals surface area contributed by atoms with Crippen LogP contribution >= 0.6 is 24.0 Å². The van der Waals surface area contributed by atoms with E-state index >= 15 is 0 Å². The van der Waals surface area contributed by atoms with Crippen molar-refractivity contribution in [2.45, 2.75) is 33.9 Å². The zero-order chi connectivity index (χ0) is 16.7. The highest BCUT2D eigenvalue weighted by Gasteiger charge is 2.13. The van der Waals surface area contributed by atoms with Crippen LogP contribution in [0.1, 0.15) is 30.5 Å². The van der Waals surface area contributed by atoms with Gasteiger partial charge in [-0.3, -0.25) is 0 Å². The Morgan fingerprint density at radius 1 is 1.00 bits per heavy atom. The molecule has 5 heteroatoms. The predicted molar refractivity (Wildman–Crippen MR) is 103 cm³/mol. The van der Waals surface area contributed by atoms with Crippen molar-refractivity contribution >= 4 is 24.0 Å². The maximum atomic E-state index is 6.41. The zero-order valence-corrected chi connectivity index (χ0v) is 16.0. The molecule has 132 valence electrons. The van der Waals surface area contributed by atoms with E-state index in [0.29, 0.717) is 29.7 Å². The summed E-state index contributed by atoms with van der Waals surface area (Å²) in [5.74, 6) is 1.30. The molecule has 2 aromatic carbocycles. The van der Waals surface area contributed by atoms with E-state index in [9.17, 15) is 0 Å². The Bertz CT molecular complexity index is 630. The first-order chi connectivity index (χ1) is 11.1. The minimum atomic E-state index is 0. The van der Waals surface area contributed by atoms with E-state index in [0.717, 1.165) is 24.2 Å². The smallest absolute Gasteiger partial charge is 0.180 e. The molecule has 0 radical (unpaired) electrons. The van der Waals surface area contributed by atoms with Crippen molar-refractivity contribution in [2.24, 2.45) is 0 Å². The van der Waals surface area contributed by atoms with Crippen molar-refractivity contribution in [1.29, 1.82) is 0 Å². The molecule has 24 heavy (non-hydrogen) atoms. The molecule has 0 aromatic heterocycles. The molecule has 0 amide bonds. The average Bonchev–Trinajstić information content (AvgIpc) is 2.54. The number of nitrogens with one attached hydrogen (secondary N) is 1. The van der Waals surface area contributed by atoms with Crippen LogP contribution in [0.4, 0.5) is 0 Å². The summed E-state index contributed by atoms with van der Waals surface area (Å²) in [6.45, 7) is 8.80. The van der Waals surface area contributed by atoms with Gasteiger partial charge in [0.25, 0.3) is 0 Å². The normalized spacial score (nSPS) is 10.2. The summed E-state index contributed by atoms with van der Waals surface area (Å²) in [7, 11) is 0. The molecule has 2 rings (SSSR count). The summed E-state index contributed by atoms with van der Waals surface area (Å²) in [6, 6.07) is 12.2. The number of rotatable bonds is 8. The lowest BCUT2D eigenvalue weighted by Crippen LogP contribution is -2.12. The summed E-state index contributed by atoms with van der Waals surface area (Å²) in [5, 5.41) is 3.87. The van der Waals surface area contributed by atoms with E-state index in [-0.39, 0.29) is 12.4 Å². The van der Waals surface area contributed by atoms with Crippen LogP contribution in [0.25, 0.3) is 0 Å². The highest BCUT2D eigenvalue weighted by molar-refractivity contribution is 6.32. The number of aryl methyl sites for hydroxylation is 1. The van der Waals surface area contributed by atoms with E-state index < -0.39 is 0 Å². The molecule has 0 aliphatic carbocycles. The fourth-order valence-electron chi connectivity index (χ4n) is 2.24. The Kier molecular flexibility index (Phi) is 8.98. The number of benzene rings is 2. The van der Waals surface area contributed by atoms with E-state index in [4.69, 9.17) is 21.1 Å². The van der Waals surface area contributed by atoms with Gasteiger partial charge in [0, 0.05) is 6.54 Å². The molecular weight excluding hydrogens is 345 g/mol. The standard InChI is InChI=1S/C19H24ClNO2.ClH/c1-4-21-12-16-10-17(20)19(18(11-16)22-5-2)23-13-15-8-6-14(3)7-9-15;/h6-11,21H,4-5,12-13H2,1-3H3;1H. The molecule has 0 atom stereocenters. The minimum Gasteiger partial charge on any atom is -0.490 e. The molecule has 1 N–H and O–H groups in total. The van der Waals surface area contributed by atoms with Crippen LogP contribution in [0.2, 0.25) is 5.02 Å². The van der Waals surface area contributed by atoms with Crippen LogP contribution in [0, 0.1) is 6.92 Å². The molecule has 0 aliphatic rings.